The van der Waals surface area contributed by atoms with Crippen LogP contribution in [0.15, 0.2) is 67.0 Å². The van der Waals surface area contributed by atoms with Crippen molar-refractivity contribution in [2.45, 2.75) is 0 Å². The van der Waals surface area contributed by atoms with Crippen LogP contribution >= 0.6 is 0 Å². The number of nitrogens with zero attached hydrogens (tertiary/aromatic N) is 2. The zero-order valence-electron chi connectivity index (χ0n) is 14.8. The number of rotatable bonds is 4. The Morgan fingerprint density at radius 2 is 1.66 bits per heavy atom. The van der Waals surface area contributed by atoms with Crippen molar-refractivity contribution < 1.29 is 18.0 Å². The summed E-state index contributed by atoms with van der Waals surface area (Å²) in [6, 6.07) is 14.2. The summed E-state index contributed by atoms with van der Waals surface area (Å²) in [4.78, 5) is 20.8. The second kappa shape index (κ2) is 7.59. The molecular formula is C21H13F3N4O. The molecule has 0 unspecified atom stereocenters. The van der Waals surface area contributed by atoms with E-state index in [1.165, 1.54) is 12.3 Å². The van der Waals surface area contributed by atoms with Crippen LogP contribution < -0.4 is 10.6 Å². The number of para-hydroxylation sites is 1. The van der Waals surface area contributed by atoms with E-state index in [-0.39, 0.29) is 5.56 Å². The molecule has 2 aromatic heterocycles. The second-order valence-electron chi connectivity index (χ2n) is 6.11. The lowest BCUT2D eigenvalue weighted by Crippen LogP contribution is -2.14. The van der Waals surface area contributed by atoms with Crippen molar-refractivity contribution in [3.05, 3.63) is 90.0 Å². The molecule has 0 aliphatic rings. The van der Waals surface area contributed by atoms with Crippen LogP contribution in [0.2, 0.25) is 0 Å². The van der Waals surface area contributed by atoms with Gasteiger partial charge in [0.25, 0.3) is 5.91 Å². The molecular weight excluding hydrogens is 381 g/mol. The van der Waals surface area contributed by atoms with E-state index in [0.29, 0.717) is 5.82 Å². The summed E-state index contributed by atoms with van der Waals surface area (Å²) in [7, 11) is 0. The molecule has 0 saturated heterocycles. The van der Waals surface area contributed by atoms with E-state index in [4.69, 9.17) is 0 Å². The van der Waals surface area contributed by atoms with Gasteiger partial charge in [0, 0.05) is 17.8 Å². The van der Waals surface area contributed by atoms with Gasteiger partial charge in [0.2, 0.25) is 0 Å². The first-order valence-electron chi connectivity index (χ1n) is 8.54. The number of carbonyl (C=O) groups excluding carboxylic acids is 1. The number of nitrogens with one attached hydrogen (secondary N) is 2. The molecule has 2 aromatic carbocycles. The van der Waals surface area contributed by atoms with Gasteiger partial charge in [0.15, 0.2) is 17.5 Å². The van der Waals surface area contributed by atoms with E-state index >= 15 is 0 Å². The molecule has 2 heterocycles. The predicted molar refractivity (Wildman–Crippen MR) is 104 cm³/mol. The van der Waals surface area contributed by atoms with Crippen LogP contribution in [-0.2, 0) is 0 Å². The maximum atomic E-state index is 13.7. The highest BCUT2D eigenvalue weighted by molar-refractivity contribution is 6.04. The molecule has 0 aliphatic heterocycles. The van der Waals surface area contributed by atoms with Crippen LogP contribution in [0.4, 0.5) is 30.4 Å². The highest BCUT2D eigenvalue weighted by Crippen LogP contribution is 2.24. The summed E-state index contributed by atoms with van der Waals surface area (Å²) in [5, 5.41) is 6.29. The van der Waals surface area contributed by atoms with Gasteiger partial charge in [-0.05, 0) is 36.4 Å². The van der Waals surface area contributed by atoms with E-state index in [0.717, 1.165) is 28.7 Å². The summed E-state index contributed by atoms with van der Waals surface area (Å²) < 4.78 is 40.0. The highest BCUT2D eigenvalue weighted by Gasteiger charge is 2.16. The fraction of sp³-hybridized carbons (Fsp3) is 0. The SMILES string of the molecule is O=C(Nc1ccc(F)c(F)c1F)c1ccc(Nc2cccc3cccnc23)nc1. The number of fused-ring (bicyclic) bond motifs is 1. The molecule has 0 fully saturated rings. The van der Waals surface area contributed by atoms with Crippen LogP contribution in [0.1, 0.15) is 10.4 Å². The molecule has 0 saturated carbocycles. The first-order chi connectivity index (χ1) is 14.0. The highest BCUT2D eigenvalue weighted by atomic mass is 19.2. The number of aromatic nitrogens is 2. The molecule has 4 aromatic rings. The van der Waals surface area contributed by atoms with Gasteiger partial charge < -0.3 is 10.6 Å². The predicted octanol–water partition coefficient (Wildman–Crippen LogP) is 5.04. The Hall–Kier alpha value is -3.94. The van der Waals surface area contributed by atoms with Gasteiger partial charge in [-0.25, -0.2) is 18.2 Å². The fourth-order valence-corrected chi connectivity index (χ4v) is 2.76. The smallest absolute Gasteiger partial charge is 0.257 e. The second-order valence-corrected chi connectivity index (χ2v) is 6.11. The Morgan fingerprint density at radius 1 is 0.828 bits per heavy atom. The Kier molecular flexibility index (Phi) is 4.82. The normalized spacial score (nSPS) is 10.7. The van der Waals surface area contributed by atoms with E-state index in [1.54, 1.807) is 12.3 Å². The number of halogens is 3. The van der Waals surface area contributed by atoms with Crippen molar-refractivity contribution in [2.24, 2.45) is 0 Å². The molecule has 0 spiro atoms. The van der Waals surface area contributed by atoms with Gasteiger partial charge in [-0.2, -0.15) is 0 Å². The molecule has 4 rings (SSSR count). The molecule has 144 valence electrons. The maximum Gasteiger partial charge on any atom is 0.257 e. The van der Waals surface area contributed by atoms with E-state index in [2.05, 4.69) is 20.6 Å². The quantitative estimate of drug-likeness (QED) is 0.476. The van der Waals surface area contributed by atoms with E-state index in [1.807, 2.05) is 30.3 Å². The van der Waals surface area contributed by atoms with Crippen molar-refractivity contribution in [3.63, 3.8) is 0 Å². The summed E-state index contributed by atoms with van der Waals surface area (Å²) >= 11 is 0. The number of carbonyl (C=O) groups is 1. The monoisotopic (exact) mass is 394 g/mol. The van der Waals surface area contributed by atoms with Crippen LogP contribution in [-0.4, -0.2) is 15.9 Å². The van der Waals surface area contributed by atoms with Crippen molar-refractivity contribution >= 4 is 34.0 Å². The topological polar surface area (TPSA) is 66.9 Å². The molecule has 1 amide bonds. The third kappa shape index (κ3) is 3.73. The number of amides is 1. The van der Waals surface area contributed by atoms with E-state index in [9.17, 15) is 18.0 Å². The number of hydrogen-bond donors (Lipinski definition) is 2. The standard InChI is InChI=1S/C21H13F3N4O/c22-14-7-8-15(19(24)18(14)23)28-21(29)13-6-9-17(26-11-13)27-16-5-1-3-12-4-2-10-25-20(12)16/h1-11H,(H,26,27)(H,28,29). The fourth-order valence-electron chi connectivity index (χ4n) is 2.76. The Morgan fingerprint density at radius 3 is 2.45 bits per heavy atom. The number of hydrogen-bond acceptors (Lipinski definition) is 4. The average Bonchev–Trinajstić information content (AvgIpc) is 2.75. The molecule has 5 nitrogen and oxygen atoms in total. The largest absolute Gasteiger partial charge is 0.338 e. The van der Waals surface area contributed by atoms with Crippen LogP contribution in [0, 0.1) is 17.5 Å². The third-order valence-corrected chi connectivity index (χ3v) is 4.20. The van der Waals surface area contributed by atoms with Crippen LogP contribution in [0.3, 0.4) is 0 Å². The van der Waals surface area contributed by atoms with Gasteiger partial charge in [-0.15, -0.1) is 0 Å². The lowest BCUT2D eigenvalue weighted by atomic mass is 10.2. The third-order valence-electron chi connectivity index (χ3n) is 4.20. The number of pyridine rings is 2. The molecule has 2 N–H and O–H groups in total. The summed E-state index contributed by atoms with van der Waals surface area (Å²) in [5.74, 6) is -4.68. The first kappa shape index (κ1) is 18.4. The minimum atomic E-state index is -1.65. The lowest BCUT2D eigenvalue weighted by molar-refractivity contribution is 0.102. The summed E-state index contributed by atoms with van der Waals surface area (Å²) in [5.41, 5.74) is 1.18. The van der Waals surface area contributed by atoms with E-state index < -0.39 is 29.0 Å². The van der Waals surface area contributed by atoms with Gasteiger partial charge >= 0.3 is 0 Å². The zero-order chi connectivity index (χ0) is 20.4. The Bertz CT molecular complexity index is 1210. The molecule has 0 aliphatic carbocycles. The van der Waals surface area contributed by atoms with Gasteiger partial charge in [-0.3, -0.25) is 9.78 Å². The van der Waals surface area contributed by atoms with Gasteiger partial charge in [-0.1, -0.05) is 18.2 Å². The zero-order valence-corrected chi connectivity index (χ0v) is 14.8. The maximum absolute atomic E-state index is 13.7. The molecule has 0 bridgehead atoms. The molecule has 8 heteroatoms. The average molecular weight is 394 g/mol. The van der Waals surface area contributed by atoms with Crippen molar-refractivity contribution in [1.82, 2.24) is 9.97 Å². The molecule has 0 radical (unpaired) electrons. The number of anilines is 3. The Labute approximate surface area is 163 Å². The number of benzene rings is 2. The summed E-state index contributed by atoms with van der Waals surface area (Å²) in [6.07, 6.45) is 2.97. The van der Waals surface area contributed by atoms with Crippen molar-refractivity contribution in [2.75, 3.05) is 10.6 Å². The van der Waals surface area contributed by atoms with Crippen LogP contribution in [0.25, 0.3) is 10.9 Å². The first-order valence-corrected chi connectivity index (χ1v) is 8.54. The van der Waals surface area contributed by atoms with Gasteiger partial charge in [0.1, 0.15) is 5.82 Å². The van der Waals surface area contributed by atoms with Crippen molar-refractivity contribution in [1.29, 1.82) is 0 Å². The minimum Gasteiger partial charge on any atom is -0.338 e. The summed E-state index contributed by atoms with van der Waals surface area (Å²) in [6.45, 7) is 0. The lowest BCUT2D eigenvalue weighted by Gasteiger charge is -2.10. The van der Waals surface area contributed by atoms with Crippen LogP contribution in [0.5, 0.6) is 0 Å². The Balaban J connectivity index is 1.52. The molecule has 29 heavy (non-hydrogen) atoms. The van der Waals surface area contributed by atoms with Gasteiger partial charge in [0.05, 0.1) is 22.5 Å². The molecule has 0 atom stereocenters. The minimum absolute atomic E-state index is 0.121. The van der Waals surface area contributed by atoms with Crippen molar-refractivity contribution in [3.8, 4) is 0 Å².